The molecule has 1 aliphatic heterocycles. The van der Waals surface area contributed by atoms with Crippen molar-refractivity contribution in [2.45, 2.75) is 57.8 Å². The normalized spacial score (nSPS) is 13.9. The average Bonchev–Trinajstić information content (AvgIpc) is 4.25. The molecule has 370 valence electrons. The van der Waals surface area contributed by atoms with Crippen LogP contribution in [0.3, 0.4) is 0 Å². The summed E-state index contributed by atoms with van der Waals surface area (Å²) in [5, 5.41) is 2.29. The summed E-state index contributed by atoms with van der Waals surface area (Å²) in [6, 6.07) is 81.9. The summed E-state index contributed by atoms with van der Waals surface area (Å²) in [6.07, 6.45) is 6.32. The van der Waals surface area contributed by atoms with Gasteiger partial charge in [0, 0.05) is 58.3 Å². The van der Waals surface area contributed by atoms with Crippen molar-refractivity contribution in [2.24, 2.45) is 0 Å². The minimum atomic E-state index is -0.573. The molecule has 0 fully saturated rings. The van der Waals surface area contributed by atoms with Crippen LogP contribution in [0.5, 0.6) is 11.5 Å². The number of nitrogens with zero attached hydrogens (tertiary/aromatic N) is 4. The highest BCUT2D eigenvalue weighted by Crippen LogP contribution is 2.57. The van der Waals surface area contributed by atoms with Crippen LogP contribution in [-0.2, 0) is 16.2 Å². The van der Waals surface area contributed by atoms with Gasteiger partial charge < -0.3 is 14.5 Å². The van der Waals surface area contributed by atoms with Gasteiger partial charge in [0.25, 0.3) is 0 Å². The molecule has 11 aromatic rings. The van der Waals surface area contributed by atoms with Gasteiger partial charge in [-0.15, -0.1) is 0 Å². The Bertz CT molecular complexity index is 3920. The van der Waals surface area contributed by atoms with Gasteiger partial charge >= 0.3 is 0 Å². The smallest absolute Gasteiger partial charge is 0.137 e. The molecule has 13 rings (SSSR count). The molecule has 9 aromatic carbocycles. The number of pyridine rings is 1. The van der Waals surface area contributed by atoms with Crippen LogP contribution in [0.1, 0.15) is 74.9 Å². The molecule has 1 aliphatic carbocycles. The van der Waals surface area contributed by atoms with Crippen LogP contribution < -0.4 is 14.5 Å². The number of aromatic nitrogens is 2. The van der Waals surface area contributed by atoms with E-state index >= 15 is 0 Å². The van der Waals surface area contributed by atoms with Crippen molar-refractivity contribution in [3.63, 3.8) is 0 Å². The lowest BCUT2D eigenvalue weighted by molar-refractivity contribution is 0.483. The molecule has 0 atom stereocenters. The molecule has 0 saturated heterocycles. The van der Waals surface area contributed by atoms with E-state index in [0.29, 0.717) is 6.67 Å². The molecule has 0 N–H and O–H groups in total. The molecule has 2 aliphatic rings. The van der Waals surface area contributed by atoms with Gasteiger partial charge in [-0.3, -0.25) is 4.57 Å². The molecule has 2 aromatic heterocycles. The highest BCUT2D eigenvalue weighted by Gasteiger charge is 2.46. The summed E-state index contributed by atoms with van der Waals surface area (Å²) in [6.45, 7) is 14.3. The second-order valence-corrected chi connectivity index (χ2v) is 22.5. The maximum Gasteiger partial charge on any atom is 0.137 e. The molecule has 0 spiro atoms. The first kappa shape index (κ1) is 46.8. The maximum absolute atomic E-state index is 6.91. The lowest BCUT2D eigenvalue weighted by Gasteiger charge is -2.34. The zero-order valence-corrected chi connectivity index (χ0v) is 44.0. The van der Waals surface area contributed by atoms with Gasteiger partial charge in [0.2, 0.25) is 0 Å². The standard InChI is InChI=1S/C71H60N4O/c1-69(2,3)50-31-33-51(34-32-50)71(63-29-15-13-25-59(63)60-26-14-16-30-64(60)71)53-35-37-61-62-38-36-56(46-66(62)75(65(61)43-53)67-44-52(39-40-72-67)70(4,5)6)76-55-24-17-23-54(45-55)73-41-42-74(47-73)68-57(48-19-9-7-10-20-48)27-18-28-58(68)49-21-11-8-12-22-49/h7-46H,47H2,1-6H3. The van der Waals surface area contributed by atoms with Gasteiger partial charge in [0.05, 0.1) is 28.8 Å². The van der Waals surface area contributed by atoms with Crippen LogP contribution in [0.4, 0.5) is 11.4 Å². The fourth-order valence-electron chi connectivity index (χ4n) is 11.9. The zero-order chi connectivity index (χ0) is 51.8. The molecular weight excluding hydrogens is 925 g/mol. The Labute approximate surface area is 446 Å². The summed E-state index contributed by atoms with van der Waals surface area (Å²) < 4.78 is 9.27. The highest BCUT2D eigenvalue weighted by molar-refractivity contribution is 6.10. The zero-order valence-electron chi connectivity index (χ0n) is 44.0. The van der Waals surface area contributed by atoms with E-state index in [4.69, 9.17) is 9.72 Å². The number of para-hydroxylation sites is 1. The number of fused-ring (bicyclic) bond motifs is 6. The lowest BCUT2D eigenvalue weighted by Crippen LogP contribution is -2.29. The fourth-order valence-corrected chi connectivity index (χ4v) is 11.9. The molecule has 0 radical (unpaired) electrons. The third-order valence-electron chi connectivity index (χ3n) is 15.8. The average molecular weight is 985 g/mol. The molecule has 76 heavy (non-hydrogen) atoms. The SMILES string of the molecule is CC(C)(C)c1ccc(C2(c3ccc4c5ccc(Oc6cccc(N7C=CN(c8c(-c9ccccc9)cccc8-c8ccccc8)C7)c6)cc5n(-c5cc(C(C)(C)C)ccn5)c4c3)c3ccccc3-c3ccccc32)cc1. The molecule has 5 nitrogen and oxygen atoms in total. The Hall–Kier alpha value is -8.93. The second-order valence-electron chi connectivity index (χ2n) is 22.5. The molecule has 5 heteroatoms. The first-order valence-electron chi connectivity index (χ1n) is 26.5. The van der Waals surface area contributed by atoms with E-state index in [1.165, 1.54) is 72.4 Å². The molecule has 0 bridgehead atoms. The molecule has 0 unspecified atom stereocenters. The largest absolute Gasteiger partial charge is 0.457 e. The predicted octanol–water partition coefficient (Wildman–Crippen LogP) is 18.0. The minimum absolute atomic E-state index is 0.0220. The van der Waals surface area contributed by atoms with Gasteiger partial charge in [-0.25, -0.2) is 4.98 Å². The number of hydrogen-bond acceptors (Lipinski definition) is 4. The molecular formula is C71H60N4O. The summed E-state index contributed by atoms with van der Waals surface area (Å²) >= 11 is 0. The lowest BCUT2D eigenvalue weighted by atomic mass is 9.67. The van der Waals surface area contributed by atoms with Crippen LogP contribution in [0.15, 0.2) is 243 Å². The third-order valence-corrected chi connectivity index (χ3v) is 15.8. The first-order valence-corrected chi connectivity index (χ1v) is 26.5. The van der Waals surface area contributed by atoms with Gasteiger partial charge in [-0.05, 0) is 109 Å². The number of rotatable bonds is 9. The van der Waals surface area contributed by atoms with Gasteiger partial charge in [0.15, 0.2) is 0 Å². The van der Waals surface area contributed by atoms with Gasteiger partial charge in [-0.2, -0.15) is 0 Å². The van der Waals surface area contributed by atoms with Crippen LogP contribution in [-0.4, -0.2) is 16.2 Å². The van der Waals surface area contributed by atoms with E-state index in [-0.39, 0.29) is 10.8 Å². The minimum Gasteiger partial charge on any atom is -0.457 e. The summed E-state index contributed by atoms with van der Waals surface area (Å²) in [5.41, 5.74) is 18.5. The highest BCUT2D eigenvalue weighted by atomic mass is 16.5. The predicted molar refractivity (Wildman–Crippen MR) is 316 cm³/mol. The Morgan fingerprint density at radius 1 is 0.434 bits per heavy atom. The van der Waals surface area contributed by atoms with E-state index in [0.717, 1.165) is 44.8 Å². The van der Waals surface area contributed by atoms with Crippen molar-refractivity contribution in [3.8, 4) is 50.7 Å². The fraction of sp³-hybridized carbons (Fsp3) is 0.141. The van der Waals surface area contributed by atoms with E-state index in [9.17, 15) is 0 Å². The van der Waals surface area contributed by atoms with E-state index < -0.39 is 5.41 Å². The van der Waals surface area contributed by atoms with Crippen LogP contribution in [0.25, 0.3) is 61.0 Å². The summed E-state index contributed by atoms with van der Waals surface area (Å²) in [4.78, 5) is 9.79. The molecule has 0 saturated carbocycles. The van der Waals surface area contributed by atoms with E-state index in [2.05, 4.69) is 287 Å². The van der Waals surface area contributed by atoms with Crippen molar-refractivity contribution in [3.05, 3.63) is 276 Å². The molecule has 3 heterocycles. The Balaban J connectivity index is 0.911. The maximum atomic E-state index is 6.91. The van der Waals surface area contributed by atoms with Crippen LogP contribution in [0, 0.1) is 0 Å². The van der Waals surface area contributed by atoms with Crippen LogP contribution >= 0.6 is 0 Å². The Morgan fingerprint density at radius 2 is 0.974 bits per heavy atom. The first-order chi connectivity index (χ1) is 36.9. The van der Waals surface area contributed by atoms with Crippen molar-refractivity contribution >= 4 is 33.2 Å². The molecule has 0 amide bonds. The van der Waals surface area contributed by atoms with Crippen LogP contribution in [0.2, 0.25) is 0 Å². The Kier molecular flexibility index (Phi) is 11.2. The summed E-state index contributed by atoms with van der Waals surface area (Å²) in [5.74, 6) is 2.38. The second kappa shape index (κ2) is 18.2. The number of benzene rings is 9. The van der Waals surface area contributed by atoms with Gasteiger partial charge in [-0.1, -0.05) is 211 Å². The van der Waals surface area contributed by atoms with Crippen molar-refractivity contribution in [1.29, 1.82) is 0 Å². The van der Waals surface area contributed by atoms with Crippen molar-refractivity contribution in [2.75, 3.05) is 16.5 Å². The monoisotopic (exact) mass is 984 g/mol. The third kappa shape index (κ3) is 7.88. The number of ether oxygens (including phenoxy) is 1. The number of hydrogen-bond donors (Lipinski definition) is 0. The Morgan fingerprint density at radius 3 is 1.62 bits per heavy atom. The van der Waals surface area contributed by atoms with E-state index in [1.807, 2.05) is 12.3 Å². The van der Waals surface area contributed by atoms with Gasteiger partial charge in [0.1, 0.15) is 17.3 Å². The quantitative estimate of drug-likeness (QED) is 0.144. The topological polar surface area (TPSA) is 33.5 Å². The van der Waals surface area contributed by atoms with E-state index in [1.54, 1.807) is 0 Å². The summed E-state index contributed by atoms with van der Waals surface area (Å²) in [7, 11) is 0. The number of anilines is 2. The van der Waals surface area contributed by atoms with Crippen molar-refractivity contribution < 1.29 is 4.74 Å². The van der Waals surface area contributed by atoms with Crippen molar-refractivity contribution in [1.82, 2.24) is 9.55 Å².